The highest BCUT2D eigenvalue weighted by atomic mass is 79.9. The second-order valence-electron chi connectivity index (χ2n) is 4.43. The minimum absolute atomic E-state index is 0.127. The average Bonchev–Trinajstić information content (AvgIpc) is 2.75. The molecule has 0 fully saturated rings. The molecule has 0 aliphatic carbocycles. The van der Waals surface area contributed by atoms with Crippen molar-refractivity contribution < 1.29 is 4.74 Å². The molecule has 2 nitrogen and oxygen atoms in total. The van der Waals surface area contributed by atoms with Crippen LogP contribution in [-0.2, 0) is 13.0 Å². The Labute approximate surface area is 130 Å². The quantitative estimate of drug-likeness (QED) is 0.843. The van der Waals surface area contributed by atoms with Crippen molar-refractivity contribution in [2.24, 2.45) is 5.73 Å². The van der Waals surface area contributed by atoms with Crippen LogP contribution >= 0.6 is 38.9 Å². The summed E-state index contributed by atoms with van der Waals surface area (Å²) < 4.78 is 7.62. The van der Waals surface area contributed by atoms with Gasteiger partial charge in [0, 0.05) is 15.4 Å². The van der Waals surface area contributed by atoms with Crippen LogP contribution < -0.4 is 10.5 Å². The van der Waals surface area contributed by atoms with Gasteiger partial charge in [-0.15, -0.1) is 11.3 Å². The van der Waals surface area contributed by atoms with E-state index in [-0.39, 0.29) is 6.04 Å². The van der Waals surface area contributed by atoms with E-state index in [4.69, 9.17) is 22.1 Å². The monoisotopic (exact) mass is 359 g/mol. The van der Waals surface area contributed by atoms with Gasteiger partial charge >= 0.3 is 0 Å². The molecule has 1 aromatic heterocycles. The minimum Gasteiger partial charge on any atom is -0.488 e. The fourth-order valence-electron chi connectivity index (χ4n) is 1.73. The second-order valence-corrected chi connectivity index (χ2v) is 7.08. The predicted molar refractivity (Wildman–Crippen MR) is 85.2 cm³/mol. The van der Waals surface area contributed by atoms with Crippen molar-refractivity contribution in [1.82, 2.24) is 0 Å². The number of benzene rings is 1. The van der Waals surface area contributed by atoms with Gasteiger partial charge in [-0.05, 0) is 49.2 Å². The fraction of sp³-hybridized carbons (Fsp3) is 0.286. The Morgan fingerprint density at radius 3 is 2.79 bits per heavy atom. The molecule has 5 heteroatoms. The maximum Gasteiger partial charge on any atom is 0.122 e. The summed E-state index contributed by atoms with van der Waals surface area (Å²) in [6.07, 6.45) is 0.822. The molecule has 0 saturated heterocycles. The van der Waals surface area contributed by atoms with Crippen LogP contribution in [0.4, 0.5) is 0 Å². The third kappa shape index (κ3) is 4.49. The van der Waals surface area contributed by atoms with E-state index in [1.54, 1.807) is 0 Å². The predicted octanol–water partition coefficient (Wildman–Crippen LogP) is 4.63. The van der Waals surface area contributed by atoms with E-state index < -0.39 is 0 Å². The van der Waals surface area contributed by atoms with E-state index in [2.05, 4.69) is 15.9 Å². The summed E-state index contributed by atoms with van der Waals surface area (Å²) in [5.74, 6) is 0.850. The van der Waals surface area contributed by atoms with Gasteiger partial charge in [-0.2, -0.15) is 0 Å². The molecule has 2 rings (SSSR count). The largest absolute Gasteiger partial charge is 0.488 e. The lowest BCUT2D eigenvalue weighted by molar-refractivity contribution is 0.309. The number of hydrogen-bond donors (Lipinski definition) is 1. The van der Waals surface area contributed by atoms with Crippen molar-refractivity contribution in [3.63, 3.8) is 0 Å². The highest BCUT2D eigenvalue weighted by Crippen LogP contribution is 2.26. The number of ether oxygens (including phenoxy) is 1. The molecular formula is C14H15BrClNOS. The average molecular weight is 361 g/mol. The smallest absolute Gasteiger partial charge is 0.122 e. The first-order valence-electron chi connectivity index (χ1n) is 5.95. The molecule has 102 valence electrons. The van der Waals surface area contributed by atoms with Gasteiger partial charge in [0.1, 0.15) is 12.4 Å². The Morgan fingerprint density at radius 1 is 1.37 bits per heavy atom. The van der Waals surface area contributed by atoms with E-state index in [0.717, 1.165) is 31.4 Å². The van der Waals surface area contributed by atoms with Crippen LogP contribution in [0.1, 0.15) is 17.4 Å². The fourth-order valence-corrected chi connectivity index (χ4v) is 3.14. The summed E-state index contributed by atoms with van der Waals surface area (Å²) in [6, 6.07) is 9.96. The van der Waals surface area contributed by atoms with Crippen molar-refractivity contribution in [3.05, 3.63) is 49.6 Å². The van der Waals surface area contributed by atoms with Gasteiger partial charge in [-0.3, -0.25) is 0 Å². The summed E-state index contributed by atoms with van der Waals surface area (Å²) in [6.45, 7) is 2.53. The molecule has 0 radical (unpaired) electrons. The molecule has 19 heavy (non-hydrogen) atoms. The van der Waals surface area contributed by atoms with Gasteiger partial charge < -0.3 is 10.5 Å². The maximum absolute atomic E-state index is 5.89. The SMILES string of the molecule is CC(N)Cc1cc(OCc2ccc(Cl)s2)ccc1Br. The van der Waals surface area contributed by atoms with Gasteiger partial charge in [-0.25, -0.2) is 0 Å². The molecule has 0 spiro atoms. The Bertz CT molecular complexity index is 556. The van der Waals surface area contributed by atoms with Crippen molar-refractivity contribution in [1.29, 1.82) is 0 Å². The van der Waals surface area contributed by atoms with Crippen molar-refractivity contribution >= 4 is 38.9 Å². The van der Waals surface area contributed by atoms with Crippen LogP contribution in [0.2, 0.25) is 4.34 Å². The first-order chi connectivity index (χ1) is 9.04. The normalized spacial score (nSPS) is 12.4. The summed E-state index contributed by atoms with van der Waals surface area (Å²) in [5.41, 5.74) is 7.00. The molecule has 0 aliphatic heterocycles. The highest BCUT2D eigenvalue weighted by molar-refractivity contribution is 9.10. The topological polar surface area (TPSA) is 35.2 Å². The van der Waals surface area contributed by atoms with Gasteiger partial charge in [0.05, 0.1) is 4.34 Å². The number of halogens is 2. The van der Waals surface area contributed by atoms with Crippen LogP contribution in [0.25, 0.3) is 0 Å². The van der Waals surface area contributed by atoms with Crippen LogP contribution in [0, 0.1) is 0 Å². The minimum atomic E-state index is 0.127. The number of hydrogen-bond acceptors (Lipinski definition) is 3. The molecule has 1 heterocycles. The van der Waals surface area contributed by atoms with Gasteiger partial charge in [0.2, 0.25) is 0 Å². The van der Waals surface area contributed by atoms with Crippen LogP contribution in [0.5, 0.6) is 5.75 Å². The third-order valence-electron chi connectivity index (χ3n) is 2.57. The van der Waals surface area contributed by atoms with Crippen molar-refractivity contribution in [2.45, 2.75) is 26.0 Å². The summed E-state index contributed by atoms with van der Waals surface area (Å²) in [4.78, 5) is 1.11. The molecule has 0 aliphatic rings. The molecular weight excluding hydrogens is 346 g/mol. The zero-order valence-electron chi connectivity index (χ0n) is 10.5. The second kappa shape index (κ2) is 6.75. The van der Waals surface area contributed by atoms with Crippen LogP contribution in [0.3, 0.4) is 0 Å². The van der Waals surface area contributed by atoms with Crippen LogP contribution in [-0.4, -0.2) is 6.04 Å². The molecule has 1 unspecified atom stereocenters. The van der Waals surface area contributed by atoms with E-state index in [1.165, 1.54) is 11.3 Å². The Morgan fingerprint density at radius 2 is 2.16 bits per heavy atom. The molecule has 2 aromatic rings. The molecule has 0 bridgehead atoms. The standard InChI is InChI=1S/C14H15BrClNOS/c1-9(17)6-10-7-11(2-4-13(10)15)18-8-12-3-5-14(16)19-12/h2-5,7,9H,6,8,17H2,1H3. The van der Waals surface area contributed by atoms with E-state index in [9.17, 15) is 0 Å². The molecule has 1 aromatic carbocycles. The van der Waals surface area contributed by atoms with Crippen LogP contribution in [0.15, 0.2) is 34.8 Å². The molecule has 1 atom stereocenters. The Hall–Kier alpha value is -0.550. The zero-order valence-corrected chi connectivity index (χ0v) is 13.7. The summed E-state index contributed by atoms with van der Waals surface area (Å²) >= 11 is 11.0. The third-order valence-corrected chi connectivity index (χ3v) is 4.55. The van der Waals surface area contributed by atoms with Gasteiger partial charge in [-0.1, -0.05) is 27.5 Å². The number of nitrogens with two attached hydrogens (primary N) is 1. The molecule has 0 saturated carbocycles. The Kier molecular flexibility index (Phi) is 5.28. The summed E-state index contributed by atoms with van der Waals surface area (Å²) in [7, 11) is 0. The lowest BCUT2D eigenvalue weighted by atomic mass is 10.1. The van der Waals surface area contributed by atoms with Crippen molar-refractivity contribution in [2.75, 3.05) is 0 Å². The first kappa shape index (κ1) is 14.9. The van der Waals surface area contributed by atoms with E-state index in [1.807, 2.05) is 37.3 Å². The lowest BCUT2D eigenvalue weighted by Crippen LogP contribution is -2.18. The number of rotatable bonds is 5. The van der Waals surface area contributed by atoms with Gasteiger partial charge in [0.25, 0.3) is 0 Å². The Balaban J connectivity index is 2.04. The first-order valence-corrected chi connectivity index (χ1v) is 7.94. The van der Waals surface area contributed by atoms with E-state index in [0.29, 0.717) is 6.61 Å². The lowest BCUT2D eigenvalue weighted by Gasteiger charge is -2.11. The van der Waals surface area contributed by atoms with Gasteiger partial charge in [0.15, 0.2) is 0 Å². The highest BCUT2D eigenvalue weighted by Gasteiger charge is 2.06. The summed E-state index contributed by atoms with van der Waals surface area (Å²) in [5, 5.41) is 0. The zero-order chi connectivity index (χ0) is 13.8. The maximum atomic E-state index is 5.89. The number of thiophene rings is 1. The van der Waals surface area contributed by atoms with E-state index >= 15 is 0 Å². The molecule has 2 N–H and O–H groups in total. The molecule has 0 amide bonds. The van der Waals surface area contributed by atoms with Crippen molar-refractivity contribution in [3.8, 4) is 5.75 Å².